The van der Waals surface area contributed by atoms with Gasteiger partial charge in [-0.15, -0.1) is 0 Å². The quantitative estimate of drug-likeness (QED) is 0.767. The Kier molecular flexibility index (Phi) is 3.33. The summed E-state index contributed by atoms with van der Waals surface area (Å²) >= 11 is 0. The monoisotopic (exact) mass is 264 g/mol. The fraction of sp³-hybridized carbons (Fsp3) is 0.222. The Labute approximate surface area is 119 Å². The van der Waals surface area contributed by atoms with Gasteiger partial charge in [-0.3, -0.25) is 0 Å². The molecule has 0 radical (unpaired) electrons. The lowest BCUT2D eigenvalue weighted by molar-refractivity contribution is 0.822. The summed E-state index contributed by atoms with van der Waals surface area (Å²) in [5.41, 5.74) is 12.3. The van der Waals surface area contributed by atoms with E-state index in [0.29, 0.717) is 6.54 Å². The minimum atomic E-state index is 0.584. The first-order valence-corrected chi connectivity index (χ1v) is 7.02. The number of benzene rings is 2. The molecule has 2 heteroatoms. The van der Waals surface area contributed by atoms with Gasteiger partial charge < -0.3 is 10.3 Å². The van der Waals surface area contributed by atoms with Gasteiger partial charge >= 0.3 is 0 Å². The van der Waals surface area contributed by atoms with Gasteiger partial charge in [0.05, 0.1) is 0 Å². The Morgan fingerprint density at radius 3 is 2.60 bits per heavy atom. The average molecular weight is 264 g/mol. The number of aromatic nitrogens is 1. The molecule has 20 heavy (non-hydrogen) atoms. The zero-order valence-corrected chi connectivity index (χ0v) is 12.1. The molecule has 0 saturated carbocycles. The van der Waals surface area contributed by atoms with E-state index in [1.807, 2.05) is 0 Å². The van der Waals surface area contributed by atoms with E-state index in [9.17, 15) is 0 Å². The van der Waals surface area contributed by atoms with Gasteiger partial charge in [0.25, 0.3) is 0 Å². The lowest BCUT2D eigenvalue weighted by Crippen LogP contribution is -2.01. The highest BCUT2D eigenvalue weighted by atomic mass is 15.0. The number of rotatable bonds is 3. The van der Waals surface area contributed by atoms with Crippen LogP contribution in [0.2, 0.25) is 0 Å². The molecule has 2 N–H and O–H groups in total. The second kappa shape index (κ2) is 5.14. The molecule has 0 fully saturated rings. The van der Waals surface area contributed by atoms with Crippen LogP contribution < -0.4 is 5.73 Å². The molecule has 0 aliphatic heterocycles. The van der Waals surface area contributed by atoms with Crippen molar-refractivity contribution in [2.24, 2.45) is 5.73 Å². The van der Waals surface area contributed by atoms with Crippen LogP contribution in [0, 0.1) is 13.8 Å². The normalized spacial score (nSPS) is 11.2. The van der Waals surface area contributed by atoms with Crippen LogP contribution in [0.25, 0.3) is 10.9 Å². The van der Waals surface area contributed by atoms with Crippen LogP contribution in [-0.4, -0.2) is 4.57 Å². The van der Waals surface area contributed by atoms with Crippen molar-refractivity contribution in [2.45, 2.75) is 26.9 Å². The van der Waals surface area contributed by atoms with Gasteiger partial charge in [0.2, 0.25) is 0 Å². The highest BCUT2D eigenvalue weighted by Crippen LogP contribution is 2.23. The van der Waals surface area contributed by atoms with Crippen molar-refractivity contribution in [3.8, 4) is 0 Å². The van der Waals surface area contributed by atoms with Gasteiger partial charge in [-0.1, -0.05) is 42.0 Å². The SMILES string of the molecule is Cc1ccc(C)c(Cn2cc(CN)c3ccccc32)c1. The first-order chi connectivity index (χ1) is 9.69. The molecule has 3 rings (SSSR count). The van der Waals surface area contributed by atoms with Crippen LogP contribution in [0.15, 0.2) is 48.7 Å². The fourth-order valence-electron chi connectivity index (χ4n) is 2.77. The minimum absolute atomic E-state index is 0.584. The van der Waals surface area contributed by atoms with Crippen molar-refractivity contribution < 1.29 is 0 Å². The molecule has 0 amide bonds. The summed E-state index contributed by atoms with van der Waals surface area (Å²) in [5, 5.41) is 1.26. The highest BCUT2D eigenvalue weighted by molar-refractivity contribution is 5.84. The first-order valence-electron chi connectivity index (χ1n) is 7.02. The van der Waals surface area contributed by atoms with E-state index >= 15 is 0 Å². The molecule has 2 nitrogen and oxygen atoms in total. The number of hydrogen-bond acceptors (Lipinski definition) is 1. The molecule has 0 bridgehead atoms. The van der Waals surface area contributed by atoms with E-state index in [1.165, 1.54) is 33.2 Å². The molecule has 1 heterocycles. The first kappa shape index (κ1) is 12.9. The number of fused-ring (bicyclic) bond motifs is 1. The number of aryl methyl sites for hydroxylation is 2. The van der Waals surface area contributed by atoms with E-state index in [0.717, 1.165) is 6.54 Å². The predicted molar refractivity (Wildman–Crippen MR) is 84.8 cm³/mol. The Bertz CT molecular complexity index is 753. The molecule has 0 spiro atoms. The van der Waals surface area contributed by atoms with Crippen molar-refractivity contribution in [3.05, 3.63) is 70.9 Å². The van der Waals surface area contributed by atoms with Gasteiger partial charge in [0.15, 0.2) is 0 Å². The molecule has 102 valence electrons. The van der Waals surface area contributed by atoms with E-state index in [-0.39, 0.29) is 0 Å². The summed E-state index contributed by atoms with van der Waals surface area (Å²) in [6.07, 6.45) is 2.19. The fourth-order valence-corrected chi connectivity index (χ4v) is 2.77. The highest BCUT2D eigenvalue weighted by Gasteiger charge is 2.08. The maximum atomic E-state index is 5.86. The number of hydrogen-bond donors (Lipinski definition) is 1. The molecule has 0 aliphatic rings. The lowest BCUT2D eigenvalue weighted by atomic mass is 10.1. The third kappa shape index (κ3) is 2.23. The van der Waals surface area contributed by atoms with Crippen molar-refractivity contribution in [3.63, 3.8) is 0 Å². The van der Waals surface area contributed by atoms with Gasteiger partial charge in [-0.25, -0.2) is 0 Å². The van der Waals surface area contributed by atoms with Crippen LogP contribution in [0.5, 0.6) is 0 Å². The summed E-state index contributed by atoms with van der Waals surface area (Å²) in [7, 11) is 0. The molecule has 3 aromatic rings. The van der Waals surface area contributed by atoms with Crippen LogP contribution in [0.3, 0.4) is 0 Å². The zero-order chi connectivity index (χ0) is 14.1. The second-order valence-electron chi connectivity index (χ2n) is 5.43. The maximum absolute atomic E-state index is 5.86. The average Bonchev–Trinajstić information content (AvgIpc) is 2.81. The van der Waals surface area contributed by atoms with E-state index in [1.54, 1.807) is 0 Å². The van der Waals surface area contributed by atoms with Crippen LogP contribution >= 0.6 is 0 Å². The molecule has 0 saturated heterocycles. The van der Waals surface area contributed by atoms with Crippen LogP contribution in [0.1, 0.15) is 22.3 Å². The van der Waals surface area contributed by atoms with Gasteiger partial charge in [0.1, 0.15) is 0 Å². The molecule has 1 aromatic heterocycles. The van der Waals surface area contributed by atoms with Crippen molar-refractivity contribution in [1.82, 2.24) is 4.57 Å². The zero-order valence-electron chi connectivity index (χ0n) is 12.1. The number of para-hydroxylation sites is 1. The molecule has 0 unspecified atom stereocenters. The lowest BCUT2D eigenvalue weighted by Gasteiger charge is -2.09. The number of nitrogens with zero attached hydrogens (tertiary/aromatic N) is 1. The van der Waals surface area contributed by atoms with Crippen LogP contribution in [0.4, 0.5) is 0 Å². The van der Waals surface area contributed by atoms with Crippen molar-refractivity contribution >= 4 is 10.9 Å². The largest absolute Gasteiger partial charge is 0.343 e. The van der Waals surface area contributed by atoms with Gasteiger partial charge in [-0.2, -0.15) is 0 Å². The molecular formula is C18H20N2. The standard InChI is InChI=1S/C18H20N2/c1-13-7-8-14(2)15(9-13)11-20-12-16(10-19)17-5-3-4-6-18(17)20/h3-9,12H,10-11,19H2,1-2H3. The Hall–Kier alpha value is -2.06. The van der Waals surface area contributed by atoms with E-state index < -0.39 is 0 Å². The molecule has 0 aliphatic carbocycles. The molecule has 0 atom stereocenters. The summed E-state index contributed by atoms with van der Waals surface area (Å²) in [6.45, 7) is 5.79. The Balaban J connectivity index is 2.09. The third-order valence-corrected chi connectivity index (χ3v) is 3.94. The molecular weight excluding hydrogens is 244 g/mol. The topological polar surface area (TPSA) is 30.9 Å². The van der Waals surface area contributed by atoms with Crippen molar-refractivity contribution in [2.75, 3.05) is 0 Å². The third-order valence-electron chi connectivity index (χ3n) is 3.94. The van der Waals surface area contributed by atoms with E-state index in [4.69, 9.17) is 5.73 Å². The smallest absolute Gasteiger partial charge is 0.0486 e. The summed E-state index contributed by atoms with van der Waals surface area (Å²) in [6, 6.07) is 15.1. The minimum Gasteiger partial charge on any atom is -0.343 e. The summed E-state index contributed by atoms with van der Waals surface area (Å²) < 4.78 is 2.30. The number of nitrogens with two attached hydrogens (primary N) is 1. The van der Waals surface area contributed by atoms with Gasteiger partial charge in [-0.05, 0) is 36.6 Å². The predicted octanol–water partition coefficient (Wildman–Crippen LogP) is 3.77. The summed E-state index contributed by atoms with van der Waals surface area (Å²) in [5.74, 6) is 0. The van der Waals surface area contributed by atoms with Crippen LogP contribution in [-0.2, 0) is 13.1 Å². The Morgan fingerprint density at radius 2 is 1.80 bits per heavy atom. The summed E-state index contributed by atoms with van der Waals surface area (Å²) in [4.78, 5) is 0. The van der Waals surface area contributed by atoms with Crippen molar-refractivity contribution in [1.29, 1.82) is 0 Å². The maximum Gasteiger partial charge on any atom is 0.0486 e. The van der Waals surface area contributed by atoms with Gasteiger partial charge in [0, 0.05) is 30.2 Å². The van der Waals surface area contributed by atoms with E-state index in [2.05, 4.69) is 67.1 Å². The second-order valence-corrected chi connectivity index (χ2v) is 5.43. The Morgan fingerprint density at radius 1 is 1.00 bits per heavy atom. The molecule has 2 aromatic carbocycles.